The fourth-order valence-electron chi connectivity index (χ4n) is 3.62. The molecule has 3 aromatic rings. The van der Waals surface area contributed by atoms with Crippen molar-refractivity contribution < 1.29 is 14.3 Å². The molecule has 4 rings (SSSR count). The van der Waals surface area contributed by atoms with Gasteiger partial charge < -0.3 is 14.6 Å². The van der Waals surface area contributed by atoms with E-state index in [1.54, 1.807) is 36.1 Å². The Morgan fingerprint density at radius 1 is 1.19 bits per heavy atom. The quantitative estimate of drug-likeness (QED) is 0.557. The number of fused-ring (bicyclic) bond motifs is 1. The van der Waals surface area contributed by atoms with Crippen molar-refractivity contribution in [2.45, 2.75) is 12.5 Å². The molecule has 6 heteroatoms. The number of ether oxygens (including phenoxy) is 1. The SMILES string of the molecule is Cn1cccc1C(=O)C(=O)N[C@H]1COC[C@H]1Cc1ccnc2ccccc12. The minimum atomic E-state index is -0.586. The van der Waals surface area contributed by atoms with E-state index in [1.807, 2.05) is 24.3 Å². The first-order chi connectivity index (χ1) is 13.1. The Morgan fingerprint density at radius 2 is 2.04 bits per heavy atom. The number of aromatic nitrogens is 2. The van der Waals surface area contributed by atoms with Crippen molar-refractivity contribution in [2.75, 3.05) is 13.2 Å². The van der Waals surface area contributed by atoms with Crippen LogP contribution in [0.3, 0.4) is 0 Å². The minimum Gasteiger partial charge on any atom is -0.379 e. The number of pyridine rings is 1. The summed E-state index contributed by atoms with van der Waals surface area (Å²) in [5.41, 5.74) is 2.50. The smallest absolute Gasteiger partial charge is 0.294 e. The molecule has 0 saturated carbocycles. The van der Waals surface area contributed by atoms with Crippen LogP contribution in [-0.2, 0) is 23.0 Å². The van der Waals surface area contributed by atoms with Crippen LogP contribution in [0.25, 0.3) is 10.9 Å². The van der Waals surface area contributed by atoms with E-state index in [4.69, 9.17) is 4.74 Å². The predicted molar refractivity (Wildman–Crippen MR) is 101 cm³/mol. The van der Waals surface area contributed by atoms with Crippen molar-refractivity contribution in [1.82, 2.24) is 14.9 Å². The summed E-state index contributed by atoms with van der Waals surface area (Å²) in [6.07, 6.45) is 4.31. The lowest BCUT2D eigenvalue weighted by molar-refractivity contribution is -0.117. The number of carbonyl (C=O) groups excluding carboxylic acids is 2. The van der Waals surface area contributed by atoms with Crippen LogP contribution in [0.15, 0.2) is 54.9 Å². The molecular weight excluding hydrogens is 342 g/mol. The minimum absolute atomic E-state index is 0.112. The van der Waals surface area contributed by atoms with Gasteiger partial charge >= 0.3 is 0 Å². The van der Waals surface area contributed by atoms with E-state index in [-0.39, 0.29) is 12.0 Å². The van der Waals surface area contributed by atoms with E-state index >= 15 is 0 Å². The third kappa shape index (κ3) is 3.48. The van der Waals surface area contributed by atoms with E-state index in [0.29, 0.717) is 18.9 Å². The Morgan fingerprint density at radius 3 is 2.85 bits per heavy atom. The first kappa shape index (κ1) is 17.4. The second kappa shape index (κ2) is 7.32. The first-order valence-electron chi connectivity index (χ1n) is 9.00. The highest BCUT2D eigenvalue weighted by Crippen LogP contribution is 2.24. The number of benzene rings is 1. The molecule has 1 aliphatic heterocycles. The van der Waals surface area contributed by atoms with Gasteiger partial charge in [0.05, 0.1) is 30.5 Å². The van der Waals surface area contributed by atoms with Gasteiger partial charge in [0, 0.05) is 30.7 Å². The van der Waals surface area contributed by atoms with Gasteiger partial charge in [-0.1, -0.05) is 18.2 Å². The van der Waals surface area contributed by atoms with Gasteiger partial charge in [0.1, 0.15) is 0 Å². The number of rotatable bonds is 5. The molecule has 1 amide bonds. The van der Waals surface area contributed by atoms with Gasteiger partial charge in [0.15, 0.2) is 0 Å². The average Bonchev–Trinajstić information content (AvgIpc) is 3.30. The number of hydrogen-bond acceptors (Lipinski definition) is 4. The highest BCUT2D eigenvalue weighted by Gasteiger charge is 2.32. The third-order valence-corrected chi connectivity index (χ3v) is 5.12. The molecule has 1 N–H and O–H groups in total. The zero-order chi connectivity index (χ0) is 18.8. The fraction of sp³-hybridized carbons (Fsp3) is 0.286. The molecule has 1 fully saturated rings. The van der Waals surface area contributed by atoms with Crippen LogP contribution in [0.4, 0.5) is 0 Å². The van der Waals surface area contributed by atoms with Gasteiger partial charge in [-0.15, -0.1) is 0 Å². The molecule has 6 nitrogen and oxygen atoms in total. The first-order valence-corrected chi connectivity index (χ1v) is 9.00. The largest absolute Gasteiger partial charge is 0.379 e. The molecule has 0 aliphatic carbocycles. The summed E-state index contributed by atoms with van der Waals surface area (Å²) >= 11 is 0. The van der Waals surface area contributed by atoms with Crippen LogP contribution in [0.5, 0.6) is 0 Å². The normalized spacial score (nSPS) is 19.3. The van der Waals surface area contributed by atoms with Crippen LogP contribution in [0.1, 0.15) is 16.1 Å². The summed E-state index contributed by atoms with van der Waals surface area (Å²) in [7, 11) is 1.75. The van der Waals surface area contributed by atoms with Gasteiger partial charge in [-0.3, -0.25) is 14.6 Å². The molecule has 27 heavy (non-hydrogen) atoms. The molecule has 0 unspecified atom stereocenters. The number of hydrogen-bond donors (Lipinski definition) is 1. The molecule has 0 bridgehead atoms. The number of aryl methyl sites for hydroxylation is 1. The third-order valence-electron chi connectivity index (χ3n) is 5.12. The summed E-state index contributed by atoms with van der Waals surface area (Å²) in [5, 5.41) is 3.98. The Hall–Kier alpha value is -2.99. The van der Waals surface area contributed by atoms with E-state index in [2.05, 4.69) is 16.4 Å². The average molecular weight is 363 g/mol. The molecule has 2 atom stereocenters. The maximum absolute atomic E-state index is 12.4. The van der Waals surface area contributed by atoms with Crippen molar-refractivity contribution in [2.24, 2.45) is 13.0 Å². The molecule has 2 aromatic heterocycles. The molecular formula is C21H21N3O3. The molecule has 0 spiro atoms. The van der Waals surface area contributed by atoms with Crippen LogP contribution in [0.2, 0.25) is 0 Å². The Labute approximate surface area is 157 Å². The number of para-hydroxylation sites is 1. The van der Waals surface area contributed by atoms with Crippen molar-refractivity contribution in [3.63, 3.8) is 0 Å². The second-order valence-corrected chi connectivity index (χ2v) is 6.90. The number of ketones is 1. The van der Waals surface area contributed by atoms with Crippen molar-refractivity contribution in [1.29, 1.82) is 0 Å². The molecule has 1 aromatic carbocycles. The fourth-order valence-corrected chi connectivity index (χ4v) is 3.62. The van der Waals surface area contributed by atoms with Gasteiger partial charge in [0.2, 0.25) is 0 Å². The van der Waals surface area contributed by atoms with Crippen molar-refractivity contribution in [3.05, 3.63) is 66.1 Å². The van der Waals surface area contributed by atoms with Crippen molar-refractivity contribution in [3.8, 4) is 0 Å². The summed E-state index contributed by atoms with van der Waals surface area (Å²) in [6, 6.07) is 13.2. The maximum atomic E-state index is 12.4. The zero-order valence-electron chi connectivity index (χ0n) is 15.1. The molecule has 3 heterocycles. The molecule has 1 saturated heterocycles. The van der Waals surface area contributed by atoms with E-state index in [1.165, 1.54) is 5.56 Å². The lowest BCUT2D eigenvalue weighted by atomic mass is 9.93. The maximum Gasteiger partial charge on any atom is 0.294 e. The predicted octanol–water partition coefficient (Wildman–Crippen LogP) is 2.13. The Balaban J connectivity index is 1.48. The van der Waals surface area contributed by atoms with Gasteiger partial charge in [-0.2, -0.15) is 0 Å². The van der Waals surface area contributed by atoms with Gasteiger partial charge in [-0.25, -0.2) is 0 Å². The summed E-state index contributed by atoms with van der Waals surface area (Å²) in [6.45, 7) is 0.972. The number of carbonyl (C=O) groups is 2. The van der Waals surface area contributed by atoms with E-state index < -0.39 is 11.7 Å². The van der Waals surface area contributed by atoms with Crippen LogP contribution < -0.4 is 5.32 Å². The topological polar surface area (TPSA) is 73.2 Å². The molecule has 0 radical (unpaired) electrons. The number of amides is 1. The summed E-state index contributed by atoms with van der Waals surface area (Å²) in [5.74, 6) is -1.000. The molecule has 1 aliphatic rings. The van der Waals surface area contributed by atoms with Crippen LogP contribution >= 0.6 is 0 Å². The van der Waals surface area contributed by atoms with E-state index in [9.17, 15) is 9.59 Å². The van der Waals surface area contributed by atoms with Gasteiger partial charge in [0.25, 0.3) is 11.7 Å². The summed E-state index contributed by atoms with van der Waals surface area (Å²) in [4.78, 5) is 29.2. The Kier molecular flexibility index (Phi) is 4.73. The van der Waals surface area contributed by atoms with E-state index in [0.717, 1.165) is 17.3 Å². The lowest BCUT2D eigenvalue weighted by Crippen LogP contribution is -2.44. The summed E-state index contributed by atoms with van der Waals surface area (Å²) < 4.78 is 7.25. The lowest BCUT2D eigenvalue weighted by Gasteiger charge is -2.19. The van der Waals surface area contributed by atoms with Gasteiger partial charge in [-0.05, 0) is 36.2 Å². The van der Waals surface area contributed by atoms with Crippen molar-refractivity contribution >= 4 is 22.6 Å². The number of nitrogens with zero attached hydrogens (tertiary/aromatic N) is 2. The number of Topliss-reactive ketones (excluding diaryl/α,β-unsaturated/α-hetero) is 1. The highest BCUT2D eigenvalue weighted by atomic mass is 16.5. The highest BCUT2D eigenvalue weighted by molar-refractivity contribution is 6.42. The standard InChI is InChI=1S/C21H21N3O3/c1-24-10-4-7-19(24)20(25)21(26)23-18-13-27-12-15(18)11-14-8-9-22-17-6-3-2-5-16(14)17/h2-10,15,18H,11-13H2,1H3,(H,23,26)/t15-,18+/m1/s1. The number of nitrogens with one attached hydrogen (secondary N) is 1. The zero-order valence-corrected chi connectivity index (χ0v) is 15.1. The van der Waals surface area contributed by atoms with Crippen LogP contribution in [-0.4, -0.2) is 40.5 Å². The monoisotopic (exact) mass is 363 g/mol. The second-order valence-electron chi connectivity index (χ2n) is 6.90. The van der Waals surface area contributed by atoms with Crippen LogP contribution in [0, 0.1) is 5.92 Å². The molecule has 138 valence electrons. The Bertz CT molecular complexity index is 990.